The average molecular weight is 454 g/mol. The molecule has 1 heterocycles. The maximum Gasteiger partial charge on any atom is 0.363 e. The van der Waals surface area contributed by atoms with Crippen LogP contribution in [0.1, 0.15) is 16.7 Å². The number of carbonyl (C=O) groups is 1. The number of halogens is 2. The van der Waals surface area contributed by atoms with Gasteiger partial charge in [0.1, 0.15) is 18.1 Å². The van der Waals surface area contributed by atoms with Gasteiger partial charge < -0.3 is 14.2 Å². The predicted octanol–water partition coefficient (Wildman–Crippen LogP) is 5.93. The van der Waals surface area contributed by atoms with Crippen LogP contribution in [0.5, 0.6) is 11.5 Å². The van der Waals surface area contributed by atoms with Gasteiger partial charge in [-0.1, -0.05) is 41.4 Å². The lowest BCUT2D eigenvalue weighted by molar-refractivity contribution is -0.129. The number of benzene rings is 3. The van der Waals surface area contributed by atoms with Crippen molar-refractivity contribution in [3.8, 4) is 11.5 Å². The molecule has 0 radical (unpaired) electrons. The van der Waals surface area contributed by atoms with Gasteiger partial charge >= 0.3 is 5.97 Å². The van der Waals surface area contributed by atoms with Crippen LogP contribution in [0.4, 0.5) is 0 Å². The van der Waals surface area contributed by atoms with Crippen molar-refractivity contribution < 1.29 is 19.0 Å². The van der Waals surface area contributed by atoms with Gasteiger partial charge in [0.15, 0.2) is 5.70 Å². The summed E-state index contributed by atoms with van der Waals surface area (Å²) in [6, 6.07) is 19.7. The summed E-state index contributed by atoms with van der Waals surface area (Å²) in [5.41, 5.74) is 2.43. The number of methoxy groups -OCH3 is 1. The first-order valence-electron chi connectivity index (χ1n) is 9.36. The van der Waals surface area contributed by atoms with Crippen molar-refractivity contribution in [3.05, 3.63) is 99.2 Å². The van der Waals surface area contributed by atoms with E-state index in [0.717, 1.165) is 11.1 Å². The predicted molar refractivity (Wildman–Crippen MR) is 121 cm³/mol. The number of hydrogen-bond donors (Lipinski definition) is 0. The van der Waals surface area contributed by atoms with Crippen LogP contribution in [0.25, 0.3) is 6.08 Å². The van der Waals surface area contributed by atoms with Gasteiger partial charge in [-0.05, 0) is 60.2 Å². The van der Waals surface area contributed by atoms with Crippen molar-refractivity contribution >= 4 is 41.1 Å². The number of cyclic esters (lactones) is 1. The summed E-state index contributed by atoms with van der Waals surface area (Å²) in [5, 5.41) is 1.11. The minimum absolute atomic E-state index is 0.224. The molecular weight excluding hydrogens is 437 g/mol. The Morgan fingerprint density at radius 3 is 2.23 bits per heavy atom. The number of ether oxygens (including phenoxy) is 3. The third-order valence-electron chi connectivity index (χ3n) is 4.59. The first kappa shape index (κ1) is 21.0. The molecule has 3 aromatic rings. The fraction of sp³-hybridized carbons (Fsp3) is 0.0833. The van der Waals surface area contributed by atoms with Crippen LogP contribution < -0.4 is 9.47 Å². The Labute approximate surface area is 189 Å². The average Bonchev–Trinajstić information content (AvgIpc) is 3.14. The van der Waals surface area contributed by atoms with Crippen LogP contribution in [0.3, 0.4) is 0 Å². The molecule has 0 saturated heterocycles. The molecule has 0 spiro atoms. The highest BCUT2D eigenvalue weighted by molar-refractivity contribution is 6.35. The van der Waals surface area contributed by atoms with Gasteiger partial charge in [-0.15, -0.1) is 0 Å². The third-order valence-corrected chi connectivity index (χ3v) is 5.29. The van der Waals surface area contributed by atoms with E-state index in [1.54, 1.807) is 67.8 Å². The lowest BCUT2D eigenvalue weighted by atomic mass is 10.2. The highest BCUT2D eigenvalue weighted by Crippen LogP contribution is 2.26. The van der Waals surface area contributed by atoms with Crippen LogP contribution >= 0.6 is 23.2 Å². The fourth-order valence-electron chi connectivity index (χ4n) is 2.91. The van der Waals surface area contributed by atoms with Crippen molar-refractivity contribution in [2.45, 2.75) is 6.61 Å². The standard InChI is InChI=1S/C24H17Cl2NO4/c1-29-17-11-7-16(8-12-17)23-27-22(24(28)31-23)13-15-5-9-18(10-6-15)30-14-19-20(25)3-2-4-21(19)26/h2-13H,14H2,1H3/b22-13-. The molecular formula is C24H17Cl2NO4. The van der Waals surface area contributed by atoms with Crippen molar-refractivity contribution in [2.75, 3.05) is 7.11 Å². The maximum atomic E-state index is 12.2. The van der Waals surface area contributed by atoms with E-state index in [1.807, 2.05) is 12.1 Å². The summed E-state index contributed by atoms with van der Waals surface area (Å²) < 4.78 is 16.2. The number of carbonyl (C=O) groups excluding carboxylic acids is 1. The van der Waals surface area contributed by atoms with E-state index in [9.17, 15) is 4.79 Å². The molecule has 0 aliphatic carbocycles. The van der Waals surface area contributed by atoms with E-state index in [2.05, 4.69) is 4.99 Å². The molecule has 156 valence electrons. The first-order valence-corrected chi connectivity index (χ1v) is 10.1. The van der Waals surface area contributed by atoms with Crippen molar-refractivity contribution in [1.29, 1.82) is 0 Å². The summed E-state index contributed by atoms with van der Waals surface area (Å²) in [5.74, 6) is 1.12. The van der Waals surface area contributed by atoms with Gasteiger partial charge in [-0.25, -0.2) is 9.79 Å². The summed E-state index contributed by atoms with van der Waals surface area (Å²) in [7, 11) is 1.59. The fourth-order valence-corrected chi connectivity index (χ4v) is 3.42. The minimum atomic E-state index is -0.500. The normalized spacial score (nSPS) is 14.4. The number of rotatable bonds is 6. The van der Waals surface area contributed by atoms with Crippen molar-refractivity contribution in [2.24, 2.45) is 4.99 Å². The first-order chi connectivity index (χ1) is 15.0. The van der Waals surface area contributed by atoms with Gasteiger partial charge in [0.05, 0.1) is 7.11 Å². The molecule has 0 saturated carbocycles. The second kappa shape index (κ2) is 9.25. The Hall–Kier alpha value is -3.28. The molecule has 0 bridgehead atoms. The number of esters is 1. The van der Waals surface area contributed by atoms with Gasteiger partial charge in [-0.2, -0.15) is 0 Å². The molecule has 0 N–H and O–H groups in total. The van der Waals surface area contributed by atoms with E-state index >= 15 is 0 Å². The van der Waals surface area contributed by atoms with Crippen LogP contribution in [0, 0.1) is 0 Å². The molecule has 1 aliphatic heterocycles. The topological polar surface area (TPSA) is 57.1 Å². The molecule has 0 amide bonds. The molecule has 0 aromatic heterocycles. The lowest BCUT2D eigenvalue weighted by Crippen LogP contribution is -2.05. The highest BCUT2D eigenvalue weighted by atomic mass is 35.5. The summed E-state index contributed by atoms with van der Waals surface area (Å²) in [6.45, 7) is 0.251. The maximum absolute atomic E-state index is 12.2. The largest absolute Gasteiger partial charge is 0.497 e. The summed E-state index contributed by atoms with van der Waals surface area (Å²) in [6.07, 6.45) is 1.66. The van der Waals surface area contributed by atoms with Crippen molar-refractivity contribution in [1.82, 2.24) is 0 Å². The Morgan fingerprint density at radius 1 is 0.935 bits per heavy atom. The second-order valence-electron chi connectivity index (χ2n) is 6.62. The van der Waals surface area contributed by atoms with Gasteiger partial charge in [0.2, 0.25) is 5.90 Å². The zero-order chi connectivity index (χ0) is 21.8. The Kier molecular flexibility index (Phi) is 6.26. The number of hydrogen-bond acceptors (Lipinski definition) is 5. The van der Waals surface area contributed by atoms with Gasteiger partial charge in [0.25, 0.3) is 0 Å². The van der Waals surface area contributed by atoms with Crippen LogP contribution in [0.15, 0.2) is 77.4 Å². The molecule has 7 heteroatoms. The minimum Gasteiger partial charge on any atom is -0.497 e. The molecule has 0 fully saturated rings. The van der Waals surface area contributed by atoms with Gasteiger partial charge in [-0.3, -0.25) is 0 Å². The third kappa shape index (κ3) is 4.90. The quantitative estimate of drug-likeness (QED) is 0.343. The zero-order valence-corrected chi connectivity index (χ0v) is 18.0. The Morgan fingerprint density at radius 2 is 1.58 bits per heavy atom. The van der Waals surface area contributed by atoms with E-state index in [1.165, 1.54) is 0 Å². The van der Waals surface area contributed by atoms with Gasteiger partial charge in [0, 0.05) is 21.2 Å². The molecule has 5 nitrogen and oxygen atoms in total. The van der Waals surface area contributed by atoms with Crippen LogP contribution in [-0.2, 0) is 16.1 Å². The Bertz CT molecular complexity index is 1150. The molecule has 0 atom stereocenters. The van der Waals surface area contributed by atoms with Crippen molar-refractivity contribution in [3.63, 3.8) is 0 Å². The molecule has 3 aromatic carbocycles. The zero-order valence-electron chi connectivity index (χ0n) is 16.5. The van der Waals surface area contributed by atoms with E-state index in [4.69, 9.17) is 37.4 Å². The molecule has 0 unspecified atom stereocenters. The lowest BCUT2D eigenvalue weighted by Gasteiger charge is -2.09. The smallest absolute Gasteiger partial charge is 0.363 e. The van der Waals surface area contributed by atoms with E-state index in [0.29, 0.717) is 27.1 Å². The molecule has 1 aliphatic rings. The SMILES string of the molecule is COc1ccc(C2=N/C(=C\c3ccc(OCc4c(Cl)cccc4Cl)cc3)C(=O)O2)cc1. The summed E-state index contributed by atoms with van der Waals surface area (Å²) in [4.78, 5) is 16.5. The molecule has 31 heavy (non-hydrogen) atoms. The number of nitrogens with zero attached hydrogens (tertiary/aromatic N) is 1. The monoisotopic (exact) mass is 453 g/mol. The van der Waals surface area contributed by atoms with E-state index < -0.39 is 5.97 Å². The summed E-state index contributed by atoms with van der Waals surface area (Å²) >= 11 is 12.3. The second-order valence-corrected chi connectivity index (χ2v) is 7.44. The Balaban J connectivity index is 1.46. The number of aliphatic imine (C=N–C) groups is 1. The molecule has 4 rings (SSSR count). The van der Waals surface area contributed by atoms with Crippen LogP contribution in [0.2, 0.25) is 10.0 Å². The van der Waals surface area contributed by atoms with Crippen LogP contribution in [-0.4, -0.2) is 19.0 Å². The highest BCUT2D eigenvalue weighted by Gasteiger charge is 2.24. The van der Waals surface area contributed by atoms with E-state index in [-0.39, 0.29) is 18.2 Å².